The van der Waals surface area contributed by atoms with E-state index in [-0.39, 0.29) is 52.4 Å². The molecule has 1 rings (SSSR count). The number of aliphatic hydroxyl groups is 1. The summed E-state index contributed by atoms with van der Waals surface area (Å²) in [7, 11) is 0. The molecule has 180 valence electrons. The van der Waals surface area contributed by atoms with Crippen LogP contribution >= 0.6 is 0 Å². The molecule has 0 aromatic rings. The number of nitrogens with zero attached hydrogens (tertiary/aromatic N) is 4. The lowest BCUT2D eigenvalue weighted by molar-refractivity contribution is -0.308. The molecule has 0 amide bonds. The van der Waals surface area contributed by atoms with Crippen molar-refractivity contribution in [3.05, 3.63) is 0 Å². The van der Waals surface area contributed by atoms with Crippen molar-refractivity contribution in [1.29, 1.82) is 0 Å². The summed E-state index contributed by atoms with van der Waals surface area (Å²) >= 11 is 0. The molecule has 1 aliphatic heterocycles. The summed E-state index contributed by atoms with van der Waals surface area (Å²) in [6.45, 7) is -1.93. The van der Waals surface area contributed by atoms with Gasteiger partial charge in [-0.15, -0.1) is 0 Å². The molecule has 0 aromatic carbocycles. The van der Waals surface area contributed by atoms with Crippen molar-refractivity contribution in [3.8, 4) is 0 Å². The van der Waals surface area contributed by atoms with Crippen LogP contribution in [0.25, 0.3) is 0 Å². The van der Waals surface area contributed by atoms with E-state index in [1.165, 1.54) is 19.6 Å². The fraction of sp³-hybridized carbons (Fsp3) is 0.824. The third-order valence-electron chi connectivity index (χ3n) is 4.80. The lowest BCUT2D eigenvalue weighted by Crippen LogP contribution is -2.52. The van der Waals surface area contributed by atoms with Crippen LogP contribution in [0, 0.1) is 0 Å². The number of carboxylic acid groups (broad SMARTS) is 3. The SMILES string of the molecule is O=C([O-])CN1CCN(CC(=O)[O-])CCN(CC(O)C(F)(F)F)CCN(CC(=O)[O-])CC1. The summed E-state index contributed by atoms with van der Waals surface area (Å²) < 4.78 is 38.3. The molecule has 1 aliphatic rings. The second-order valence-electron chi connectivity index (χ2n) is 7.30. The Balaban J connectivity index is 2.98. The Hall–Kier alpha value is -2.00. The predicted molar refractivity (Wildman–Crippen MR) is 92.8 cm³/mol. The van der Waals surface area contributed by atoms with E-state index < -0.39 is 56.4 Å². The van der Waals surface area contributed by atoms with E-state index in [1.807, 2.05) is 0 Å². The molecule has 1 N–H and O–H groups in total. The Labute approximate surface area is 177 Å². The van der Waals surface area contributed by atoms with E-state index in [2.05, 4.69) is 0 Å². The Morgan fingerprint density at radius 2 is 0.935 bits per heavy atom. The van der Waals surface area contributed by atoms with Crippen molar-refractivity contribution in [2.75, 3.05) is 78.5 Å². The van der Waals surface area contributed by atoms with Crippen molar-refractivity contribution in [2.24, 2.45) is 0 Å². The number of hydrogen-bond donors (Lipinski definition) is 1. The van der Waals surface area contributed by atoms with Crippen LogP contribution in [0.15, 0.2) is 0 Å². The highest BCUT2D eigenvalue weighted by atomic mass is 19.4. The largest absolute Gasteiger partial charge is 0.549 e. The first-order valence-corrected chi connectivity index (χ1v) is 9.60. The van der Waals surface area contributed by atoms with E-state index in [0.717, 1.165) is 0 Å². The van der Waals surface area contributed by atoms with Gasteiger partial charge in [0.25, 0.3) is 0 Å². The van der Waals surface area contributed by atoms with Gasteiger partial charge in [-0.1, -0.05) is 0 Å². The lowest BCUT2D eigenvalue weighted by Gasteiger charge is -2.35. The number of aliphatic carboxylic acids is 3. The minimum absolute atomic E-state index is 0.0121. The normalized spacial score (nSPS) is 20.5. The van der Waals surface area contributed by atoms with Gasteiger partial charge >= 0.3 is 6.18 Å². The standard InChI is InChI=1S/C17H29F3N4O7/c18-17(19,20)13(25)9-21-1-3-22(10-14(26)27)5-7-24(12-16(30)31)8-6-23(4-2-21)11-15(28)29/h13,25H,1-12H2,(H,26,27)(H,28,29)(H,30,31)/p-3. The van der Waals surface area contributed by atoms with Crippen molar-refractivity contribution in [2.45, 2.75) is 12.3 Å². The maximum Gasteiger partial charge on any atom is 0.415 e. The van der Waals surface area contributed by atoms with Crippen molar-refractivity contribution in [1.82, 2.24) is 19.6 Å². The highest BCUT2D eigenvalue weighted by Gasteiger charge is 2.39. The lowest BCUT2D eigenvalue weighted by atomic mass is 10.2. The van der Waals surface area contributed by atoms with Crippen molar-refractivity contribution < 1.29 is 48.0 Å². The second-order valence-corrected chi connectivity index (χ2v) is 7.30. The molecule has 1 unspecified atom stereocenters. The summed E-state index contributed by atoms with van der Waals surface area (Å²) in [6, 6.07) is 0. The molecule has 31 heavy (non-hydrogen) atoms. The fourth-order valence-corrected chi connectivity index (χ4v) is 3.13. The zero-order valence-corrected chi connectivity index (χ0v) is 16.9. The fourth-order valence-electron chi connectivity index (χ4n) is 3.13. The molecule has 11 nitrogen and oxygen atoms in total. The molecule has 0 aliphatic carbocycles. The summed E-state index contributed by atoms with van der Waals surface area (Å²) in [4.78, 5) is 38.5. The number of β-amino-alcohol motifs (C(OH)–C–C–N with tert-alkyl or cyclic N) is 1. The summed E-state index contributed by atoms with van der Waals surface area (Å²) in [5.41, 5.74) is 0. The van der Waals surface area contributed by atoms with Gasteiger partial charge in [0.2, 0.25) is 0 Å². The molecular formula is C17H26F3N4O7-3. The zero-order chi connectivity index (χ0) is 23.6. The molecule has 0 saturated carbocycles. The highest BCUT2D eigenvalue weighted by molar-refractivity contribution is 5.67. The number of aliphatic hydroxyl groups excluding tert-OH is 1. The Morgan fingerprint density at radius 3 is 1.16 bits per heavy atom. The van der Waals surface area contributed by atoms with E-state index in [4.69, 9.17) is 0 Å². The van der Waals surface area contributed by atoms with Gasteiger partial charge < -0.3 is 34.8 Å². The van der Waals surface area contributed by atoms with Crippen LogP contribution in [-0.4, -0.2) is 133 Å². The third-order valence-corrected chi connectivity index (χ3v) is 4.80. The maximum atomic E-state index is 12.8. The van der Waals surface area contributed by atoms with E-state index in [0.29, 0.717) is 0 Å². The first-order valence-electron chi connectivity index (χ1n) is 9.60. The van der Waals surface area contributed by atoms with Gasteiger partial charge in [0, 0.05) is 78.5 Å². The minimum atomic E-state index is -4.84. The van der Waals surface area contributed by atoms with Crippen LogP contribution in [-0.2, 0) is 14.4 Å². The third kappa shape index (κ3) is 11.8. The summed E-state index contributed by atoms with van der Waals surface area (Å²) in [6.07, 6.45) is -7.46. The van der Waals surface area contributed by atoms with Crippen molar-refractivity contribution >= 4 is 17.9 Å². The molecule has 0 aromatic heterocycles. The molecule has 0 spiro atoms. The van der Waals surface area contributed by atoms with Crippen LogP contribution in [0.4, 0.5) is 13.2 Å². The van der Waals surface area contributed by atoms with Crippen LogP contribution in [0.3, 0.4) is 0 Å². The minimum Gasteiger partial charge on any atom is -0.549 e. The van der Waals surface area contributed by atoms with Gasteiger partial charge in [-0.3, -0.25) is 19.6 Å². The number of carboxylic acids is 3. The molecular weight excluding hydrogens is 429 g/mol. The summed E-state index contributed by atoms with van der Waals surface area (Å²) in [5.74, 6) is -4.17. The van der Waals surface area contributed by atoms with E-state index in [9.17, 15) is 48.0 Å². The molecule has 1 heterocycles. The average molecular weight is 455 g/mol. The Kier molecular flexibility index (Phi) is 11.1. The smallest absolute Gasteiger partial charge is 0.415 e. The first kappa shape index (κ1) is 27.0. The number of carbonyl (C=O) groups excluding carboxylic acids is 3. The average Bonchev–Trinajstić information content (AvgIpc) is 2.61. The summed E-state index contributed by atoms with van der Waals surface area (Å²) in [5, 5.41) is 42.4. The maximum absolute atomic E-state index is 12.8. The van der Waals surface area contributed by atoms with Gasteiger partial charge in [0.15, 0.2) is 6.10 Å². The number of rotatable bonds is 8. The number of halogens is 3. The second kappa shape index (κ2) is 12.8. The zero-order valence-electron chi connectivity index (χ0n) is 16.9. The number of alkyl halides is 3. The van der Waals surface area contributed by atoms with E-state index >= 15 is 0 Å². The number of hydrogen-bond acceptors (Lipinski definition) is 11. The van der Waals surface area contributed by atoms with Crippen LogP contribution in [0.5, 0.6) is 0 Å². The molecule has 14 heteroatoms. The molecule has 0 radical (unpaired) electrons. The van der Waals surface area contributed by atoms with Crippen LogP contribution in [0.1, 0.15) is 0 Å². The van der Waals surface area contributed by atoms with Gasteiger partial charge in [-0.25, -0.2) is 0 Å². The van der Waals surface area contributed by atoms with Gasteiger partial charge in [0.1, 0.15) is 0 Å². The van der Waals surface area contributed by atoms with Gasteiger partial charge in [0.05, 0.1) is 17.9 Å². The molecule has 1 fully saturated rings. The monoisotopic (exact) mass is 455 g/mol. The molecule has 0 bridgehead atoms. The first-order chi connectivity index (χ1) is 14.4. The van der Waals surface area contributed by atoms with Crippen LogP contribution < -0.4 is 15.3 Å². The van der Waals surface area contributed by atoms with Gasteiger partial charge in [-0.2, -0.15) is 13.2 Å². The van der Waals surface area contributed by atoms with Gasteiger partial charge in [-0.05, 0) is 0 Å². The van der Waals surface area contributed by atoms with E-state index in [1.54, 1.807) is 0 Å². The number of carbonyl (C=O) groups is 3. The predicted octanol–water partition coefficient (Wildman–Crippen LogP) is -5.62. The topological polar surface area (TPSA) is 154 Å². The Bertz CT molecular complexity index is 577. The highest BCUT2D eigenvalue weighted by Crippen LogP contribution is 2.20. The quantitative estimate of drug-likeness (QED) is 0.373. The molecule has 1 atom stereocenters. The Morgan fingerprint density at radius 1 is 0.677 bits per heavy atom. The van der Waals surface area contributed by atoms with Crippen LogP contribution in [0.2, 0.25) is 0 Å². The van der Waals surface area contributed by atoms with Crippen molar-refractivity contribution in [3.63, 3.8) is 0 Å². The molecule has 1 saturated heterocycles.